The van der Waals surface area contributed by atoms with E-state index in [1.807, 2.05) is 39.8 Å². The summed E-state index contributed by atoms with van der Waals surface area (Å²) in [4.78, 5) is 11.8. The molecule has 1 aromatic rings. The Bertz CT molecular complexity index is 432. The minimum absolute atomic E-state index is 0.0136. The molecule has 4 nitrogen and oxygen atoms in total. The lowest BCUT2D eigenvalue weighted by molar-refractivity contribution is -0.122. The van der Waals surface area contributed by atoms with Crippen molar-refractivity contribution in [2.24, 2.45) is 0 Å². The van der Waals surface area contributed by atoms with Crippen LogP contribution in [0, 0.1) is 6.92 Å². The highest BCUT2D eigenvalue weighted by Crippen LogP contribution is 2.25. The third-order valence-electron chi connectivity index (χ3n) is 3.09. The molecule has 0 bridgehead atoms. The molecule has 19 heavy (non-hydrogen) atoms. The van der Waals surface area contributed by atoms with Gasteiger partial charge in [0, 0.05) is 18.2 Å². The second kappa shape index (κ2) is 7.14. The zero-order chi connectivity index (χ0) is 14.4. The molecule has 0 fully saturated rings. The molecule has 0 saturated heterocycles. The van der Waals surface area contributed by atoms with Gasteiger partial charge in [0.05, 0.1) is 6.04 Å². The Morgan fingerprint density at radius 2 is 2.05 bits per heavy atom. The summed E-state index contributed by atoms with van der Waals surface area (Å²) in [6.07, 6.45) is 0.923. The summed E-state index contributed by atoms with van der Waals surface area (Å²) >= 11 is 0. The van der Waals surface area contributed by atoms with E-state index in [1.54, 1.807) is 6.07 Å². The second-order valence-corrected chi connectivity index (χ2v) is 4.96. The van der Waals surface area contributed by atoms with E-state index in [1.165, 1.54) is 0 Å². The van der Waals surface area contributed by atoms with Gasteiger partial charge in [-0.05, 0) is 38.8 Å². The molecule has 1 amide bonds. The van der Waals surface area contributed by atoms with Crippen LogP contribution in [0.4, 0.5) is 0 Å². The van der Waals surface area contributed by atoms with Gasteiger partial charge >= 0.3 is 0 Å². The minimum atomic E-state index is -0.290. The standard InChI is InChI=1S/C15H24N2O2/c1-5-8-16-15(19)12(4)17-11(3)13-7-6-10(2)9-14(13)18/h6-7,9,11-12,17-18H,5,8H2,1-4H3,(H,16,19). The molecule has 0 heterocycles. The first kappa shape index (κ1) is 15.5. The Morgan fingerprint density at radius 1 is 1.37 bits per heavy atom. The van der Waals surface area contributed by atoms with Crippen molar-refractivity contribution in [3.8, 4) is 5.75 Å². The molecule has 2 unspecified atom stereocenters. The van der Waals surface area contributed by atoms with E-state index in [9.17, 15) is 9.90 Å². The van der Waals surface area contributed by atoms with Crippen molar-refractivity contribution >= 4 is 5.91 Å². The lowest BCUT2D eigenvalue weighted by Gasteiger charge is -2.20. The Balaban J connectivity index is 2.63. The van der Waals surface area contributed by atoms with E-state index in [2.05, 4.69) is 10.6 Å². The number of rotatable bonds is 6. The first-order valence-electron chi connectivity index (χ1n) is 6.79. The number of amides is 1. The van der Waals surface area contributed by atoms with Gasteiger partial charge < -0.3 is 10.4 Å². The summed E-state index contributed by atoms with van der Waals surface area (Å²) in [5, 5.41) is 16.0. The van der Waals surface area contributed by atoms with E-state index >= 15 is 0 Å². The summed E-state index contributed by atoms with van der Waals surface area (Å²) in [7, 11) is 0. The quantitative estimate of drug-likeness (QED) is 0.738. The normalized spacial score (nSPS) is 13.9. The molecule has 1 aromatic carbocycles. The van der Waals surface area contributed by atoms with Gasteiger partial charge in [-0.1, -0.05) is 19.1 Å². The Kier molecular flexibility index (Phi) is 5.83. The van der Waals surface area contributed by atoms with Crippen LogP contribution in [0.5, 0.6) is 5.75 Å². The van der Waals surface area contributed by atoms with Crippen molar-refractivity contribution in [3.05, 3.63) is 29.3 Å². The molecule has 4 heteroatoms. The number of aryl methyl sites for hydroxylation is 1. The van der Waals surface area contributed by atoms with Crippen molar-refractivity contribution in [2.45, 2.75) is 46.2 Å². The van der Waals surface area contributed by atoms with Crippen LogP contribution in [0.25, 0.3) is 0 Å². The fourth-order valence-corrected chi connectivity index (χ4v) is 1.96. The van der Waals surface area contributed by atoms with Gasteiger partial charge in [-0.3, -0.25) is 10.1 Å². The van der Waals surface area contributed by atoms with Gasteiger partial charge in [0.15, 0.2) is 0 Å². The SMILES string of the molecule is CCCNC(=O)C(C)NC(C)c1ccc(C)cc1O. The van der Waals surface area contributed by atoms with Crippen molar-refractivity contribution in [3.63, 3.8) is 0 Å². The Morgan fingerprint density at radius 3 is 2.63 bits per heavy atom. The molecule has 2 atom stereocenters. The van der Waals surface area contributed by atoms with Crippen molar-refractivity contribution < 1.29 is 9.90 Å². The number of phenols is 1. The number of nitrogens with one attached hydrogen (secondary N) is 2. The summed E-state index contributed by atoms with van der Waals surface area (Å²) < 4.78 is 0. The number of hydrogen-bond acceptors (Lipinski definition) is 3. The number of benzene rings is 1. The van der Waals surface area contributed by atoms with Crippen LogP contribution in [0.1, 0.15) is 44.4 Å². The fraction of sp³-hybridized carbons (Fsp3) is 0.533. The first-order valence-corrected chi connectivity index (χ1v) is 6.79. The maximum absolute atomic E-state index is 11.8. The molecule has 0 saturated carbocycles. The summed E-state index contributed by atoms with van der Waals surface area (Å²) in [5.41, 5.74) is 1.82. The lowest BCUT2D eigenvalue weighted by atomic mass is 10.0. The van der Waals surface area contributed by atoms with Crippen molar-refractivity contribution in [2.75, 3.05) is 6.54 Å². The molecule has 0 spiro atoms. The van der Waals surface area contributed by atoms with Crippen LogP contribution in [0.2, 0.25) is 0 Å². The van der Waals surface area contributed by atoms with Crippen LogP contribution in [-0.2, 0) is 4.79 Å². The average Bonchev–Trinajstić information content (AvgIpc) is 2.35. The molecule has 0 aliphatic carbocycles. The number of hydrogen-bond donors (Lipinski definition) is 3. The molecule has 0 aliphatic rings. The van der Waals surface area contributed by atoms with Crippen LogP contribution >= 0.6 is 0 Å². The minimum Gasteiger partial charge on any atom is -0.508 e. The molecular weight excluding hydrogens is 240 g/mol. The maximum atomic E-state index is 11.8. The van der Waals surface area contributed by atoms with Gasteiger partial charge in [-0.2, -0.15) is 0 Å². The highest BCUT2D eigenvalue weighted by atomic mass is 16.3. The largest absolute Gasteiger partial charge is 0.508 e. The van der Waals surface area contributed by atoms with Crippen LogP contribution in [0.3, 0.4) is 0 Å². The highest BCUT2D eigenvalue weighted by Gasteiger charge is 2.17. The van der Waals surface area contributed by atoms with E-state index in [0.717, 1.165) is 17.5 Å². The van der Waals surface area contributed by atoms with Crippen LogP contribution in [-0.4, -0.2) is 23.6 Å². The molecular formula is C15H24N2O2. The summed E-state index contributed by atoms with van der Waals surface area (Å²) in [6.45, 7) is 8.41. The Labute approximate surface area is 115 Å². The maximum Gasteiger partial charge on any atom is 0.236 e. The van der Waals surface area contributed by atoms with Crippen LogP contribution < -0.4 is 10.6 Å². The third kappa shape index (κ3) is 4.56. The van der Waals surface area contributed by atoms with Gasteiger partial charge in [0.25, 0.3) is 0 Å². The van der Waals surface area contributed by atoms with E-state index < -0.39 is 0 Å². The van der Waals surface area contributed by atoms with Crippen LogP contribution in [0.15, 0.2) is 18.2 Å². The lowest BCUT2D eigenvalue weighted by Crippen LogP contribution is -2.43. The molecule has 1 rings (SSSR count). The number of carbonyl (C=O) groups is 1. The number of carbonyl (C=O) groups excluding carboxylic acids is 1. The zero-order valence-corrected chi connectivity index (χ0v) is 12.2. The first-order chi connectivity index (χ1) is 8.95. The molecule has 3 N–H and O–H groups in total. The third-order valence-corrected chi connectivity index (χ3v) is 3.09. The van der Waals surface area contributed by atoms with Gasteiger partial charge in [0.1, 0.15) is 5.75 Å². The molecule has 106 valence electrons. The topological polar surface area (TPSA) is 61.4 Å². The fourth-order valence-electron chi connectivity index (χ4n) is 1.96. The second-order valence-electron chi connectivity index (χ2n) is 4.96. The monoisotopic (exact) mass is 264 g/mol. The van der Waals surface area contributed by atoms with Gasteiger partial charge in [0.2, 0.25) is 5.91 Å². The Hall–Kier alpha value is -1.55. The van der Waals surface area contributed by atoms with E-state index in [-0.39, 0.29) is 23.7 Å². The van der Waals surface area contributed by atoms with Gasteiger partial charge in [-0.25, -0.2) is 0 Å². The van der Waals surface area contributed by atoms with Gasteiger partial charge in [-0.15, -0.1) is 0 Å². The summed E-state index contributed by atoms with van der Waals surface area (Å²) in [5.74, 6) is 0.251. The summed E-state index contributed by atoms with van der Waals surface area (Å²) in [6, 6.07) is 5.20. The highest BCUT2D eigenvalue weighted by molar-refractivity contribution is 5.81. The van der Waals surface area contributed by atoms with E-state index in [0.29, 0.717) is 6.54 Å². The van der Waals surface area contributed by atoms with Crippen molar-refractivity contribution in [1.82, 2.24) is 10.6 Å². The predicted molar refractivity (Wildman–Crippen MR) is 77.2 cm³/mol. The van der Waals surface area contributed by atoms with Crippen molar-refractivity contribution in [1.29, 1.82) is 0 Å². The smallest absolute Gasteiger partial charge is 0.236 e. The molecule has 0 aliphatic heterocycles. The molecule has 0 aromatic heterocycles. The average molecular weight is 264 g/mol. The zero-order valence-electron chi connectivity index (χ0n) is 12.2. The predicted octanol–water partition coefficient (Wildman–Crippen LogP) is 2.27. The molecule has 0 radical (unpaired) electrons. The number of aromatic hydroxyl groups is 1. The number of phenolic OH excluding ortho intramolecular Hbond substituents is 1. The van der Waals surface area contributed by atoms with E-state index in [4.69, 9.17) is 0 Å².